The Morgan fingerprint density at radius 2 is 0.710 bits per heavy atom. The summed E-state index contributed by atoms with van der Waals surface area (Å²) in [6, 6.07) is 32.6. The van der Waals surface area contributed by atoms with Crippen molar-refractivity contribution >= 4 is 11.6 Å². The zero-order valence-electron chi connectivity index (χ0n) is 17.8. The normalized spacial score (nSPS) is 10.6. The molecule has 0 fully saturated rings. The van der Waals surface area contributed by atoms with Gasteiger partial charge in [-0.25, -0.2) is 0 Å². The van der Waals surface area contributed by atoms with Gasteiger partial charge in [0, 0.05) is 11.1 Å². The van der Waals surface area contributed by atoms with Gasteiger partial charge in [0.05, 0.1) is 0 Å². The molecule has 0 atom stereocenters. The lowest BCUT2D eigenvalue weighted by Gasteiger charge is -2.07. The first-order valence-electron chi connectivity index (χ1n) is 10.4. The Bertz CT molecular complexity index is 1100. The summed E-state index contributed by atoms with van der Waals surface area (Å²) in [6.07, 6.45) is 0.868. The van der Waals surface area contributed by atoms with Crippen molar-refractivity contribution in [2.45, 2.75) is 20.3 Å². The van der Waals surface area contributed by atoms with E-state index >= 15 is 0 Å². The van der Waals surface area contributed by atoms with E-state index in [1.165, 1.54) is 11.1 Å². The molecule has 0 N–H and O–H groups in total. The number of hydrogen-bond acceptors (Lipinski definition) is 2. The summed E-state index contributed by atoms with van der Waals surface area (Å²) in [5.74, 6) is 0.169. The van der Waals surface area contributed by atoms with Crippen LogP contribution in [-0.4, -0.2) is 11.6 Å². The van der Waals surface area contributed by atoms with Crippen molar-refractivity contribution in [3.05, 3.63) is 119 Å². The number of ketones is 2. The summed E-state index contributed by atoms with van der Waals surface area (Å²) in [4.78, 5) is 22.9. The van der Waals surface area contributed by atoms with Gasteiger partial charge in [-0.15, -0.1) is 0 Å². The third-order valence-electron chi connectivity index (χ3n) is 5.57. The van der Waals surface area contributed by atoms with Gasteiger partial charge in [0.25, 0.3) is 0 Å². The van der Waals surface area contributed by atoms with E-state index in [-0.39, 0.29) is 11.6 Å². The minimum Gasteiger partial charge on any atom is -0.295 e. The van der Waals surface area contributed by atoms with Crippen LogP contribution < -0.4 is 0 Å². The van der Waals surface area contributed by atoms with Gasteiger partial charge in [-0.05, 0) is 53.6 Å². The van der Waals surface area contributed by atoms with Crippen LogP contribution in [0, 0.1) is 0 Å². The van der Waals surface area contributed by atoms with Crippen molar-refractivity contribution < 1.29 is 9.59 Å². The molecule has 4 aromatic carbocycles. The molecule has 152 valence electrons. The summed E-state index contributed by atoms with van der Waals surface area (Å²) in [5, 5.41) is 0. The molecule has 0 spiro atoms. The molecular weight excluding hydrogens is 380 g/mol. The van der Waals surface area contributed by atoms with E-state index < -0.39 is 0 Å². The second kappa shape index (κ2) is 8.93. The van der Waals surface area contributed by atoms with Gasteiger partial charge in [0.2, 0.25) is 0 Å². The van der Waals surface area contributed by atoms with E-state index in [0.717, 1.165) is 39.8 Å². The number of carbonyl (C=O) groups excluding carboxylic acids is 2. The minimum atomic E-state index is 0.0843. The van der Waals surface area contributed by atoms with Gasteiger partial charge < -0.3 is 0 Å². The maximum absolute atomic E-state index is 11.4. The molecule has 2 nitrogen and oxygen atoms in total. The van der Waals surface area contributed by atoms with Gasteiger partial charge in [0.1, 0.15) is 0 Å². The molecule has 0 radical (unpaired) electrons. The Labute approximate surface area is 183 Å². The van der Waals surface area contributed by atoms with Crippen LogP contribution in [0.1, 0.15) is 45.7 Å². The number of Topliss-reactive ketones (excluding diaryl/α,β-unsaturated/α-hetero) is 2. The van der Waals surface area contributed by atoms with E-state index in [1.54, 1.807) is 13.8 Å². The first-order valence-corrected chi connectivity index (χ1v) is 10.4. The predicted molar refractivity (Wildman–Crippen MR) is 127 cm³/mol. The highest BCUT2D eigenvalue weighted by molar-refractivity contribution is 5.95. The van der Waals surface area contributed by atoms with E-state index in [2.05, 4.69) is 48.5 Å². The Kier molecular flexibility index (Phi) is 5.90. The highest BCUT2D eigenvalue weighted by Gasteiger charge is 2.04. The van der Waals surface area contributed by atoms with Crippen molar-refractivity contribution in [2.75, 3.05) is 0 Å². The van der Waals surface area contributed by atoms with Crippen molar-refractivity contribution in [1.82, 2.24) is 0 Å². The van der Waals surface area contributed by atoms with Crippen LogP contribution in [0.5, 0.6) is 0 Å². The summed E-state index contributed by atoms with van der Waals surface area (Å²) in [7, 11) is 0. The molecule has 0 amide bonds. The molecule has 4 rings (SSSR count). The topological polar surface area (TPSA) is 34.1 Å². The van der Waals surface area contributed by atoms with Crippen LogP contribution in [0.4, 0.5) is 0 Å². The lowest BCUT2D eigenvalue weighted by Crippen LogP contribution is -1.92. The monoisotopic (exact) mass is 404 g/mol. The summed E-state index contributed by atoms with van der Waals surface area (Å²) in [6.45, 7) is 3.17. The number of hydrogen-bond donors (Lipinski definition) is 0. The van der Waals surface area contributed by atoms with Crippen molar-refractivity contribution in [3.63, 3.8) is 0 Å². The van der Waals surface area contributed by atoms with Crippen molar-refractivity contribution in [1.29, 1.82) is 0 Å². The zero-order chi connectivity index (χ0) is 21.8. The fourth-order valence-electron chi connectivity index (χ4n) is 3.66. The largest absolute Gasteiger partial charge is 0.295 e. The highest BCUT2D eigenvalue weighted by atomic mass is 16.1. The van der Waals surface area contributed by atoms with Crippen LogP contribution in [0.25, 0.3) is 22.3 Å². The average Bonchev–Trinajstić information content (AvgIpc) is 2.80. The molecule has 0 saturated carbocycles. The van der Waals surface area contributed by atoms with Gasteiger partial charge in [-0.1, -0.05) is 97.1 Å². The third-order valence-corrected chi connectivity index (χ3v) is 5.57. The molecule has 0 unspecified atom stereocenters. The van der Waals surface area contributed by atoms with Crippen molar-refractivity contribution in [2.24, 2.45) is 0 Å². The number of benzene rings is 4. The molecular formula is C29H24O2. The molecule has 0 heterocycles. The molecule has 0 aliphatic carbocycles. The SMILES string of the molecule is CC(=O)c1ccc(-c2ccc(Cc3ccc(-c4ccc(C(C)=O)cc4)cc3)cc2)cc1. The number of rotatable bonds is 6. The van der Waals surface area contributed by atoms with Crippen LogP contribution in [0.2, 0.25) is 0 Å². The first-order chi connectivity index (χ1) is 15.0. The lowest BCUT2D eigenvalue weighted by atomic mass is 9.97. The maximum Gasteiger partial charge on any atom is 0.159 e. The Balaban J connectivity index is 1.44. The van der Waals surface area contributed by atoms with Gasteiger partial charge >= 0.3 is 0 Å². The first kappa shape index (κ1) is 20.5. The fraction of sp³-hybridized carbons (Fsp3) is 0.103. The Morgan fingerprint density at radius 3 is 0.968 bits per heavy atom. The van der Waals surface area contributed by atoms with Gasteiger partial charge in [-0.2, -0.15) is 0 Å². The summed E-state index contributed by atoms with van der Waals surface area (Å²) >= 11 is 0. The molecule has 31 heavy (non-hydrogen) atoms. The van der Waals surface area contributed by atoms with Gasteiger partial charge in [0.15, 0.2) is 11.6 Å². The summed E-state index contributed by atoms with van der Waals surface area (Å²) < 4.78 is 0. The van der Waals surface area contributed by atoms with Crippen LogP contribution >= 0.6 is 0 Å². The Hall–Kier alpha value is -3.78. The van der Waals surface area contributed by atoms with E-state index in [0.29, 0.717) is 0 Å². The van der Waals surface area contributed by atoms with Crippen LogP contribution in [-0.2, 0) is 6.42 Å². The second-order valence-corrected chi connectivity index (χ2v) is 7.84. The smallest absolute Gasteiger partial charge is 0.159 e. The summed E-state index contributed by atoms with van der Waals surface area (Å²) in [5.41, 5.74) is 8.47. The number of carbonyl (C=O) groups is 2. The molecule has 0 aliphatic heterocycles. The minimum absolute atomic E-state index is 0.0843. The highest BCUT2D eigenvalue weighted by Crippen LogP contribution is 2.24. The molecule has 2 heteroatoms. The average molecular weight is 405 g/mol. The predicted octanol–water partition coefficient (Wildman–Crippen LogP) is 7.02. The maximum atomic E-state index is 11.4. The lowest BCUT2D eigenvalue weighted by molar-refractivity contribution is 0.100. The molecule has 4 aromatic rings. The molecule has 0 bridgehead atoms. The van der Waals surface area contributed by atoms with Crippen LogP contribution in [0.3, 0.4) is 0 Å². The fourth-order valence-corrected chi connectivity index (χ4v) is 3.66. The third kappa shape index (κ3) is 4.87. The van der Waals surface area contributed by atoms with E-state index in [9.17, 15) is 9.59 Å². The van der Waals surface area contributed by atoms with Gasteiger partial charge in [-0.3, -0.25) is 9.59 Å². The van der Waals surface area contributed by atoms with Crippen molar-refractivity contribution in [3.8, 4) is 22.3 Å². The Morgan fingerprint density at radius 1 is 0.452 bits per heavy atom. The standard InChI is InChI=1S/C29H24O2/c1-20(30)24-11-15-28(16-12-24)26-7-3-22(4-8-26)19-23-5-9-27(10-6-23)29-17-13-25(14-18-29)21(2)31/h3-18H,19H2,1-2H3. The van der Waals surface area contributed by atoms with E-state index in [4.69, 9.17) is 0 Å². The molecule has 0 aromatic heterocycles. The quantitative estimate of drug-likeness (QED) is 0.324. The molecule has 0 saturated heterocycles. The second-order valence-electron chi connectivity index (χ2n) is 7.84. The van der Waals surface area contributed by atoms with Crippen LogP contribution in [0.15, 0.2) is 97.1 Å². The molecule has 0 aliphatic rings. The zero-order valence-corrected chi connectivity index (χ0v) is 17.8. The van der Waals surface area contributed by atoms with E-state index in [1.807, 2.05) is 48.5 Å².